The summed E-state index contributed by atoms with van der Waals surface area (Å²) in [5, 5.41) is 0. The van der Waals surface area contributed by atoms with Crippen LogP contribution in [-0.2, 0) is 14.3 Å². The van der Waals surface area contributed by atoms with E-state index in [0.717, 1.165) is 0 Å². The van der Waals surface area contributed by atoms with Gasteiger partial charge in [0.05, 0.1) is 13.7 Å². The van der Waals surface area contributed by atoms with Crippen LogP contribution in [0.25, 0.3) is 0 Å². The third-order valence-electron chi connectivity index (χ3n) is 1.21. The van der Waals surface area contributed by atoms with Gasteiger partial charge in [-0.15, -0.1) is 0 Å². The zero-order valence-corrected chi connectivity index (χ0v) is 7.16. The maximum Gasteiger partial charge on any atom is 0.334 e. The Morgan fingerprint density at radius 3 is 2.73 bits per heavy atom. The van der Waals surface area contributed by atoms with Gasteiger partial charge in [0, 0.05) is 0 Å². The Hall–Kier alpha value is -0.830. The highest BCUT2D eigenvalue weighted by Gasteiger charge is 2.11. The number of esters is 1. The van der Waals surface area contributed by atoms with Gasteiger partial charge in [0.25, 0.3) is 0 Å². The van der Waals surface area contributed by atoms with Crippen molar-refractivity contribution < 1.29 is 14.3 Å². The van der Waals surface area contributed by atoms with Gasteiger partial charge in [0.2, 0.25) is 0 Å². The maximum absolute atomic E-state index is 10.7. The van der Waals surface area contributed by atoms with Crippen LogP contribution in [0.4, 0.5) is 0 Å². The maximum atomic E-state index is 10.7. The molecule has 0 radical (unpaired) electrons. The molecule has 0 amide bonds. The van der Waals surface area contributed by atoms with Crippen LogP contribution in [0.5, 0.6) is 0 Å². The Labute approximate surface area is 67.0 Å². The van der Waals surface area contributed by atoms with Crippen LogP contribution in [-0.4, -0.2) is 25.8 Å². The molecule has 0 fully saturated rings. The largest absolute Gasteiger partial charge is 0.467 e. The van der Waals surface area contributed by atoms with Crippen molar-refractivity contribution in [3.8, 4) is 0 Å². The van der Waals surface area contributed by atoms with E-state index in [0.29, 0.717) is 6.61 Å². The van der Waals surface area contributed by atoms with Crippen molar-refractivity contribution in [3.63, 3.8) is 0 Å². The van der Waals surface area contributed by atoms with Gasteiger partial charge in [-0.2, -0.15) is 0 Å². The molecule has 64 valence electrons. The molecule has 1 atom stereocenters. The summed E-state index contributed by atoms with van der Waals surface area (Å²) in [6.07, 6.45) is 3.22. The quantitative estimate of drug-likeness (QED) is 0.454. The summed E-state index contributed by atoms with van der Waals surface area (Å²) in [6, 6.07) is 0. The third kappa shape index (κ3) is 4.56. The molecule has 0 heterocycles. The Bertz CT molecular complexity index is 140. The Morgan fingerprint density at radius 2 is 2.27 bits per heavy atom. The summed E-state index contributed by atoms with van der Waals surface area (Å²) in [6.45, 7) is 4.01. The van der Waals surface area contributed by atoms with Crippen molar-refractivity contribution in [1.82, 2.24) is 0 Å². The minimum atomic E-state index is -0.476. The molecule has 0 aromatic rings. The van der Waals surface area contributed by atoms with Crippen molar-refractivity contribution in [2.24, 2.45) is 0 Å². The average molecular weight is 158 g/mol. The molecule has 3 nitrogen and oxygen atoms in total. The van der Waals surface area contributed by atoms with E-state index in [1.165, 1.54) is 7.11 Å². The number of carbonyl (C=O) groups excluding carboxylic acids is 1. The minimum absolute atomic E-state index is 0.338. The van der Waals surface area contributed by atoms with Crippen LogP contribution < -0.4 is 0 Å². The molecule has 0 bridgehead atoms. The summed E-state index contributed by atoms with van der Waals surface area (Å²) < 4.78 is 9.53. The molecule has 3 heteroatoms. The normalized spacial score (nSPS) is 13.4. The van der Waals surface area contributed by atoms with Gasteiger partial charge < -0.3 is 9.47 Å². The third-order valence-corrected chi connectivity index (χ3v) is 1.21. The van der Waals surface area contributed by atoms with Crippen molar-refractivity contribution in [2.45, 2.75) is 20.0 Å². The average Bonchev–Trinajstić information content (AvgIpc) is 2.03. The van der Waals surface area contributed by atoms with Gasteiger partial charge in [-0.05, 0) is 13.8 Å². The fourth-order valence-electron chi connectivity index (χ4n) is 0.530. The van der Waals surface area contributed by atoms with Crippen molar-refractivity contribution >= 4 is 5.97 Å². The number of hydrogen-bond donors (Lipinski definition) is 0. The second kappa shape index (κ2) is 5.92. The predicted molar refractivity (Wildman–Crippen MR) is 42.2 cm³/mol. The predicted octanol–water partition coefficient (Wildman–Crippen LogP) is 1.14. The number of carbonyl (C=O) groups is 1. The standard InChI is InChI=1S/C8H14O3/c1-4-5-6-11-7(2)8(9)10-3/h4-5,7H,6H2,1-3H3/b5-4+/t7-/m0/s1. The van der Waals surface area contributed by atoms with Crippen LogP contribution in [0.3, 0.4) is 0 Å². The zero-order valence-electron chi connectivity index (χ0n) is 7.16. The molecule has 0 aliphatic carbocycles. The van der Waals surface area contributed by atoms with E-state index >= 15 is 0 Å². The summed E-state index contributed by atoms with van der Waals surface area (Å²) >= 11 is 0. The molecule has 0 aromatic heterocycles. The van der Waals surface area contributed by atoms with Gasteiger partial charge in [-0.25, -0.2) is 4.79 Å². The first kappa shape index (κ1) is 10.2. The summed E-state index contributed by atoms with van der Waals surface area (Å²) in [4.78, 5) is 10.7. The lowest BCUT2D eigenvalue weighted by atomic mass is 10.4. The second-order valence-corrected chi connectivity index (χ2v) is 2.07. The SMILES string of the molecule is C/C=C/CO[C@@H](C)C(=O)OC. The molecule has 0 aliphatic heterocycles. The van der Waals surface area contributed by atoms with Gasteiger partial charge in [-0.1, -0.05) is 12.2 Å². The molecule has 0 aliphatic rings. The van der Waals surface area contributed by atoms with Crippen LogP contribution in [0.15, 0.2) is 12.2 Å². The molecule has 0 saturated heterocycles. The van der Waals surface area contributed by atoms with Crippen LogP contribution >= 0.6 is 0 Å². The van der Waals surface area contributed by atoms with Crippen molar-refractivity contribution in [2.75, 3.05) is 13.7 Å². The van der Waals surface area contributed by atoms with Gasteiger partial charge in [0.15, 0.2) is 6.10 Å². The molecule has 0 saturated carbocycles. The summed E-state index contributed by atoms with van der Waals surface area (Å²) in [5.41, 5.74) is 0. The molecular weight excluding hydrogens is 144 g/mol. The first-order valence-corrected chi connectivity index (χ1v) is 3.53. The first-order valence-electron chi connectivity index (χ1n) is 3.53. The topological polar surface area (TPSA) is 35.5 Å². The molecule has 0 rings (SSSR count). The van der Waals surface area contributed by atoms with Crippen molar-refractivity contribution in [3.05, 3.63) is 12.2 Å². The fourth-order valence-corrected chi connectivity index (χ4v) is 0.530. The van der Waals surface area contributed by atoms with Gasteiger partial charge in [-0.3, -0.25) is 0 Å². The van der Waals surface area contributed by atoms with Crippen molar-refractivity contribution in [1.29, 1.82) is 0 Å². The summed E-state index contributed by atoms with van der Waals surface area (Å²) in [5.74, 6) is -0.338. The van der Waals surface area contributed by atoms with Gasteiger partial charge in [0.1, 0.15) is 0 Å². The number of allylic oxidation sites excluding steroid dienone is 1. The summed E-state index contributed by atoms with van der Waals surface area (Å²) in [7, 11) is 1.35. The van der Waals surface area contributed by atoms with E-state index in [1.54, 1.807) is 6.92 Å². The monoisotopic (exact) mass is 158 g/mol. The highest BCUT2D eigenvalue weighted by molar-refractivity contribution is 5.73. The van der Waals surface area contributed by atoms with Crippen LogP contribution in [0, 0.1) is 0 Å². The van der Waals surface area contributed by atoms with Gasteiger partial charge >= 0.3 is 5.97 Å². The highest BCUT2D eigenvalue weighted by atomic mass is 16.6. The molecule has 0 unspecified atom stereocenters. The number of hydrogen-bond acceptors (Lipinski definition) is 3. The number of ether oxygens (including phenoxy) is 2. The lowest BCUT2D eigenvalue weighted by Crippen LogP contribution is -2.21. The Morgan fingerprint density at radius 1 is 1.64 bits per heavy atom. The molecule has 11 heavy (non-hydrogen) atoms. The molecular formula is C8H14O3. The Balaban J connectivity index is 3.51. The smallest absolute Gasteiger partial charge is 0.334 e. The van der Waals surface area contributed by atoms with E-state index in [2.05, 4.69) is 4.74 Å². The van der Waals surface area contributed by atoms with E-state index in [1.807, 2.05) is 19.1 Å². The van der Waals surface area contributed by atoms with Crippen LogP contribution in [0.2, 0.25) is 0 Å². The number of methoxy groups -OCH3 is 1. The fraction of sp³-hybridized carbons (Fsp3) is 0.625. The van der Waals surface area contributed by atoms with E-state index in [-0.39, 0.29) is 5.97 Å². The van der Waals surface area contributed by atoms with E-state index < -0.39 is 6.10 Å². The minimum Gasteiger partial charge on any atom is -0.467 e. The Kier molecular flexibility index (Phi) is 5.47. The lowest BCUT2D eigenvalue weighted by Gasteiger charge is -2.07. The molecule has 0 aromatic carbocycles. The zero-order chi connectivity index (χ0) is 8.69. The highest BCUT2D eigenvalue weighted by Crippen LogP contribution is 1.93. The second-order valence-electron chi connectivity index (χ2n) is 2.07. The molecule has 0 spiro atoms. The lowest BCUT2D eigenvalue weighted by molar-refractivity contribution is -0.152. The first-order chi connectivity index (χ1) is 5.22. The number of rotatable bonds is 4. The van der Waals surface area contributed by atoms with E-state index in [9.17, 15) is 4.79 Å². The van der Waals surface area contributed by atoms with Crippen LogP contribution in [0.1, 0.15) is 13.8 Å². The molecule has 0 N–H and O–H groups in total. The van der Waals surface area contributed by atoms with E-state index in [4.69, 9.17) is 4.74 Å².